The Kier molecular flexibility index (Phi) is 9.03. The van der Waals surface area contributed by atoms with E-state index >= 15 is 0 Å². The van der Waals surface area contributed by atoms with E-state index in [2.05, 4.69) is 10.3 Å². The van der Waals surface area contributed by atoms with Gasteiger partial charge in [0.15, 0.2) is 5.17 Å². The van der Waals surface area contributed by atoms with Gasteiger partial charge in [0.25, 0.3) is 0 Å². The van der Waals surface area contributed by atoms with Gasteiger partial charge in [0.2, 0.25) is 5.91 Å². The van der Waals surface area contributed by atoms with Crippen LogP contribution in [0.25, 0.3) is 0 Å². The van der Waals surface area contributed by atoms with Crippen molar-refractivity contribution in [2.45, 2.75) is 32.9 Å². The number of carbonyl (C=O) groups is 2. The smallest absolute Gasteiger partial charge is 0.338 e. The number of nitrogens with one attached hydrogen (secondary N) is 1. The molecule has 0 saturated carbocycles. The van der Waals surface area contributed by atoms with E-state index in [-0.39, 0.29) is 18.9 Å². The molecule has 0 saturated heterocycles. The molecule has 0 radical (unpaired) electrons. The number of carbonyl (C=O) groups excluding carboxylic acids is 2. The van der Waals surface area contributed by atoms with Crippen molar-refractivity contribution in [3.63, 3.8) is 0 Å². The zero-order valence-electron chi connectivity index (χ0n) is 21.2. The lowest BCUT2D eigenvalue weighted by atomic mass is 9.93. The van der Waals surface area contributed by atoms with E-state index in [1.165, 1.54) is 11.8 Å². The minimum absolute atomic E-state index is 0.132. The second-order valence-electron chi connectivity index (χ2n) is 8.48. The summed E-state index contributed by atoms with van der Waals surface area (Å²) in [5.74, 6) is 0.123. The first-order chi connectivity index (χ1) is 18.0. The van der Waals surface area contributed by atoms with Crippen molar-refractivity contribution < 1.29 is 23.8 Å². The third-order valence-corrected chi connectivity index (χ3v) is 6.78. The van der Waals surface area contributed by atoms with Crippen LogP contribution in [0.5, 0.6) is 5.75 Å². The van der Waals surface area contributed by atoms with Crippen LogP contribution in [-0.4, -0.2) is 48.8 Å². The van der Waals surface area contributed by atoms with Crippen LogP contribution in [-0.2, 0) is 25.7 Å². The van der Waals surface area contributed by atoms with E-state index in [1.54, 1.807) is 14.0 Å². The maximum atomic E-state index is 13.2. The predicted molar refractivity (Wildman–Crippen MR) is 144 cm³/mol. The summed E-state index contributed by atoms with van der Waals surface area (Å²) in [7, 11) is 1.59. The van der Waals surface area contributed by atoms with Gasteiger partial charge in [-0.1, -0.05) is 54.2 Å². The van der Waals surface area contributed by atoms with Gasteiger partial charge >= 0.3 is 5.97 Å². The molecule has 8 nitrogen and oxygen atoms in total. The standard InChI is InChI=1S/C28H31N3O5S/c1-4-35-27(33)25-19(2)30-28-31(22(18-37-28)16-24(32)29-13-14-34-3)26(25)21-11-8-12-23(15-21)36-17-20-9-6-5-7-10-20/h5-12,15,18,26H,4,13-14,16-17H2,1-3H3,(H,29,32)/t26-/m0/s1. The molecule has 2 aromatic rings. The number of amides is 1. The Hall–Kier alpha value is -3.56. The average molecular weight is 522 g/mol. The predicted octanol–water partition coefficient (Wildman–Crippen LogP) is 4.56. The van der Waals surface area contributed by atoms with Crippen LogP contribution in [0.15, 0.2) is 82.0 Å². The highest BCUT2D eigenvalue weighted by atomic mass is 32.2. The van der Waals surface area contributed by atoms with Crippen molar-refractivity contribution in [3.05, 3.63) is 88.1 Å². The number of benzene rings is 2. The fourth-order valence-electron chi connectivity index (χ4n) is 4.19. The SMILES string of the molecule is CCOC(=O)C1=C(C)N=C2SC=C(CC(=O)NCCOC)N2[C@H]1c1cccc(OCc2ccccc2)c1. The van der Waals surface area contributed by atoms with Crippen LogP contribution in [0.2, 0.25) is 0 Å². The van der Waals surface area contributed by atoms with Crippen molar-refractivity contribution in [3.8, 4) is 5.75 Å². The van der Waals surface area contributed by atoms with Crippen LogP contribution in [0, 0.1) is 0 Å². The highest BCUT2D eigenvalue weighted by Gasteiger charge is 2.41. The van der Waals surface area contributed by atoms with Gasteiger partial charge in [-0.3, -0.25) is 4.79 Å². The largest absolute Gasteiger partial charge is 0.489 e. The van der Waals surface area contributed by atoms with E-state index in [0.717, 1.165) is 16.8 Å². The van der Waals surface area contributed by atoms with Gasteiger partial charge in [0.1, 0.15) is 12.4 Å². The first-order valence-electron chi connectivity index (χ1n) is 12.2. The lowest BCUT2D eigenvalue weighted by Crippen LogP contribution is -2.38. The van der Waals surface area contributed by atoms with Crippen LogP contribution in [0.3, 0.4) is 0 Å². The summed E-state index contributed by atoms with van der Waals surface area (Å²) in [4.78, 5) is 32.4. The van der Waals surface area contributed by atoms with Gasteiger partial charge in [0, 0.05) is 19.4 Å². The van der Waals surface area contributed by atoms with E-state index in [1.807, 2.05) is 71.8 Å². The maximum Gasteiger partial charge on any atom is 0.338 e. The summed E-state index contributed by atoms with van der Waals surface area (Å²) in [6, 6.07) is 17.1. The first kappa shape index (κ1) is 26.5. The molecule has 9 heteroatoms. The van der Waals surface area contributed by atoms with Crippen molar-refractivity contribution in [1.82, 2.24) is 10.2 Å². The lowest BCUT2D eigenvalue weighted by molar-refractivity contribution is -0.139. The molecule has 2 aliphatic heterocycles. The molecule has 1 N–H and O–H groups in total. The van der Waals surface area contributed by atoms with Gasteiger partial charge in [-0.15, -0.1) is 0 Å². The van der Waals surface area contributed by atoms with Gasteiger partial charge in [-0.25, -0.2) is 9.79 Å². The van der Waals surface area contributed by atoms with Gasteiger partial charge < -0.3 is 24.4 Å². The topological polar surface area (TPSA) is 89.5 Å². The van der Waals surface area contributed by atoms with Gasteiger partial charge in [0.05, 0.1) is 36.9 Å². The summed E-state index contributed by atoms with van der Waals surface area (Å²) in [5.41, 5.74) is 3.70. The van der Waals surface area contributed by atoms with Crippen molar-refractivity contribution in [2.24, 2.45) is 4.99 Å². The number of nitrogens with zero attached hydrogens (tertiary/aromatic N) is 2. The van der Waals surface area contributed by atoms with Gasteiger partial charge in [-0.05, 0) is 42.5 Å². The monoisotopic (exact) mass is 521 g/mol. The third kappa shape index (κ3) is 6.42. The van der Waals surface area contributed by atoms with Crippen molar-refractivity contribution in [1.29, 1.82) is 0 Å². The summed E-state index contributed by atoms with van der Waals surface area (Å²) < 4.78 is 16.5. The molecule has 2 aliphatic rings. The van der Waals surface area contributed by atoms with Crippen LogP contribution >= 0.6 is 11.8 Å². The molecule has 37 heavy (non-hydrogen) atoms. The number of esters is 1. The zero-order valence-corrected chi connectivity index (χ0v) is 22.0. The number of hydrogen-bond acceptors (Lipinski definition) is 8. The number of thioether (sulfide) groups is 1. The summed E-state index contributed by atoms with van der Waals surface area (Å²) in [6.07, 6.45) is 0.144. The molecule has 0 fully saturated rings. The normalized spacial score (nSPS) is 16.6. The Bertz CT molecular complexity index is 1230. The number of fused-ring (bicyclic) bond motifs is 1. The van der Waals surface area contributed by atoms with Crippen LogP contribution < -0.4 is 10.1 Å². The van der Waals surface area contributed by atoms with Crippen LogP contribution in [0.4, 0.5) is 0 Å². The first-order valence-corrected chi connectivity index (χ1v) is 13.0. The lowest BCUT2D eigenvalue weighted by Gasteiger charge is -2.36. The summed E-state index contributed by atoms with van der Waals surface area (Å²) in [5, 5.41) is 5.49. The number of allylic oxidation sites excluding steroid dienone is 1. The second-order valence-corrected chi connectivity index (χ2v) is 9.32. The average Bonchev–Trinajstić information content (AvgIpc) is 3.29. The van der Waals surface area contributed by atoms with Crippen molar-refractivity contribution in [2.75, 3.05) is 26.9 Å². The van der Waals surface area contributed by atoms with E-state index in [9.17, 15) is 9.59 Å². The fraction of sp³-hybridized carbons (Fsp3) is 0.321. The van der Waals surface area contributed by atoms with Gasteiger partial charge in [-0.2, -0.15) is 0 Å². The number of hydrogen-bond donors (Lipinski definition) is 1. The summed E-state index contributed by atoms with van der Waals surface area (Å²) in [6.45, 7) is 5.12. The number of aliphatic imine (C=N–C) groups is 1. The van der Waals surface area contributed by atoms with Crippen LogP contribution in [0.1, 0.15) is 37.4 Å². The Morgan fingerprint density at radius 2 is 1.95 bits per heavy atom. The zero-order chi connectivity index (χ0) is 26.2. The third-order valence-electron chi connectivity index (χ3n) is 5.89. The molecule has 0 aromatic heterocycles. The highest BCUT2D eigenvalue weighted by molar-refractivity contribution is 8.16. The van der Waals surface area contributed by atoms with Crippen molar-refractivity contribution >= 4 is 28.8 Å². The Morgan fingerprint density at radius 3 is 2.70 bits per heavy atom. The molecule has 194 valence electrons. The molecule has 0 spiro atoms. The Morgan fingerprint density at radius 1 is 1.14 bits per heavy atom. The molecular formula is C28H31N3O5S. The number of ether oxygens (including phenoxy) is 3. The molecule has 2 aromatic carbocycles. The number of amidine groups is 1. The fourth-order valence-corrected chi connectivity index (χ4v) is 5.15. The second kappa shape index (κ2) is 12.6. The highest BCUT2D eigenvalue weighted by Crippen LogP contribution is 2.45. The molecule has 1 amide bonds. The van der Waals surface area contributed by atoms with E-state index in [4.69, 9.17) is 14.2 Å². The molecule has 4 rings (SSSR count). The number of methoxy groups -OCH3 is 1. The molecule has 2 heterocycles. The molecule has 1 atom stereocenters. The van der Waals surface area contributed by atoms with E-state index in [0.29, 0.717) is 41.9 Å². The molecule has 0 aliphatic carbocycles. The molecule has 0 bridgehead atoms. The number of rotatable bonds is 11. The Labute approximate surface area is 221 Å². The molecule has 0 unspecified atom stereocenters. The minimum atomic E-state index is -0.514. The quantitative estimate of drug-likeness (QED) is 0.343. The maximum absolute atomic E-state index is 13.2. The van der Waals surface area contributed by atoms with E-state index < -0.39 is 12.0 Å². The summed E-state index contributed by atoms with van der Waals surface area (Å²) >= 11 is 1.44. The molecular weight excluding hydrogens is 490 g/mol. The Balaban J connectivity index is 1.64. The minimum Gasteiger partial charge on any atom is -0.489 e.